The zero-order valence-corrected chi connectivity index (χ0v) is 12.8. The van der Waals surface area contributed by atoms with E-state index in [0.717, 1.165) is 12.5 Å². The van der Waals surface area contributed by atoms with Crippen LogP contribution in [0.15, 0.2) is 22.7 Å². The van der Waals surface area contributed by atoms with Crippen LogP contribution in [0.1, 0.15) is 23.7 Å². The van der Waals surface area contributed by atoms with Gasteiger partial charge in [0.15, 0.2) is 6.61 Å². The standard InChI is InChI=1S/C13H14BrFN2O4/c1-2-5-16-13(20)17-11(18)7-21-12(19)9-6-8(15)3-4-10(9)14/h3-4,6H,2,5,7H2,1H3,(H2,16,17,18,20). The van der Waals surface area contributed by atoms with Crippen LogP contribution in [-0.2, 0) is 9.53 Å². The van der Waals surface area contributed by atoms with Crippen LogP contribution in [0, 0.1) is 5.82 Å². The lowest BCUT2D eigenvalue weighted by Crippen LogP contribution is -2.41. The van der Waals surface area contributed by atoms with Gasteiger partial charge >= 0.3 is 12.0 Å². The lowest BCUT2D eigenvalue weighted by atomic mass is 10.2. The zero-order valence-electron chi connectivity index (χ0n) is 11.2. The Morgan fingerprint density at radius 2 is 2.05 bits per heavy atom. The molecule has 0 fully saturated rings. The highest BCUT2D eigenvalue weighted by molar-refractivity contribution is 9.10. The monoisotopic (exact) mass is 360 g/mol. The number of carbonyl (C=O) groups excluding carboxylic acids is 3. The van der Waals surface area contributed by atoms with E-state index in [1.54, 1.807) is 0 Å². The number of carbonyl (C=O) groups is 3. The van der Waals surface area contributed by atoms with Crippen LogP contribution < -0.4 is 10.6 Å². The highest BCUT2D eigenvalue weighted by Gasteiger charge is 2.15. The van der Waals surface area contributed by atoms with E-state index in [4.69, 9.17) is 4.74 Å². The molecule has 0 aliphatic carbocycles. The van der Waals surface area contributed by atoms with Crippen molar-refractivity contribution < 1.29 is 23.5 Å². The number of amides is 3. The third-order valence-corrected chi connectivity index (χ3v) is 2.96. The van der Waals surface area contributed by atoms with E-state index < -0.39 is 30.3 Å². The van der Waals surface area contributed by atoms with Crippen LogP contribution in [-0.4, -0.2) is 31.1 Å². The second kappa shape index (κ2) is 8.35. The molecule has 0 aliphatic heterocycles. The second-order valence-electron chi connectivity index (χ2n) is 4.00. The van der Waals surface area contributed by atoms with E-state index >= 15 is 0 Å². The van der Waals surface area contributed by atoms with Gasteiger partial charge in [0.05, 0.1) is 5.56 Å². The third kappa shape index (κ3) is 5.90. The summed E-state index contributed by atoms with van der Waals surface area (Å²) in [4.78, 5) is 34.2. The molecule has 2 N–H and O–H groups in total. The predicted molar refractivity (Wildman–Crippen MR) is 76.2 cm³/mol. The summed E-state index contributed by atoms with van der Waals surface area (Å²) in [5.74, 6) is -2.25. The van der Waals surface area contributed by atoms with Crippen LogP contribution in [0.3, 0.4) is 0 Å². The van der Waals surface area contributed by atoms with Crippen LogP contribution in [0.5, 0.6) is 0 Å². The first kappa shape index (κ1) is 17.1. The zero-order chi connectivity index (χ0) is 15.8. The summed E-state index contributed by atoms with van der Waals surface area (Å²) in [5, 5.41) is 4.43. The number of nitrogens with one attached hydrogen (secondary N) is 2. The largest absolute Gasteiger partial charge is 0.452 e. The van der Waals surface area contributed by atoms with Crippen molar-refractivity contribution in [2.45, 2.75) is 13.3 Å². The first-order chi connectivity index (χ1) is 9.93. The van der Waals surface area contributed by atoms with Crippen molar-refractivity contribution in [2.75, 3.05) is 13.2 Å². The van der Waals surface area contributed by atoms with Gasteiger partial charge in [0.2, 0.25) is 0 Å². The fourth-order valence-corrected chi connectivity index (χ4v) is 1.72. The van der Waals surface area contributed by atoms with Crippen molar-refractivity contribution >= 4 is 33.8 Å². The quantitative estimate of drug-likeness (QED) is 0.786. The Labute approximate surface area is 129 Å². The number of hydrogen-bond donors (Lipinski definition) is 2. The van der Waals surface area contributed by atoms with Gasteiger partial charge in [0.1, 0.15) is 5.82 Å². The molecule has 114 valence electrons. The van der Waals surface area contributed by atoms with Crippen molar-refractivity contribution in [3.8, 4) is 0 Å². The summed E-state index contributed by atoms with van der Waals surface area (Å²) >= 11 is 3.07. The number of halogens is 2. The molecule has 1 aromatic rings. The molecule has 1 aromatic carbocycles. The fourth-order valence-electron chi connectivity index (χ4n) is 1.31. The maximum Gasteiger partial charge on any atom is 0.339 e. The average Bonchev–Trinajstić information content (AvgIpc) is 2.45. The first-order valence-electron chi connectivity index (χ1n) is 6.14. The highest BCUT2D eigenvalue weighted by Crippen LogP contribution is 2.18. The minimum Gasteiger partial charge on any atom is -0.452 e. The summed E-state index contributed by atoms with van der Waals surface area (Å²) in [6.07, 6.45) is 0.726. The summed E-state index contributed by atoms with van der Waals surface area (Å²) in [6, 6.07) is 2.85. The smallest absolute Gasteiger partial charge is 0.339 e. The number of urea groups is 1. The Kier molecular flexibility index (Phi) is 6.80. The summed E-state index contributed by atoms with van der Waals surface area (Å²) in [5.41, 5.74) is -0.0433. The van der Waals surface area contributed by atoms with Gasteiger partial charge < -0.3 is 10.1 Å². The molecule has 0 bridgehead atoms. The Bertz CT molecular complexity index is 551. The molecule has 21 heavy (non-hydrogen) atoms. The molecular weight excluding hydrogens is 347 g/mol. The van der Waals surface area contributed by atoms with Crippen LogP contribution in [0.4, 0.5) is 9.18 Å². The molecule has 0 aromatic heterocycles. The van der Waals surface area contributed by atoms with Gasteiger partial charge in [-0.1, -0.05) is 6.92 Å². The van der Waals surface area contributed by atoms with Crippen molar-refractivity contribution in [1.29, 1.82) is 0 Å². The van der Waals surface area contributed by atoms with Crippen LogP contribution in [0.25, 0.3) is 0 Å². The molecule has 0 spiro atoms. The Morgan fingerprint density at radius 1 is 1.33 bits per heavy atom. The average molecular weight is 361 g/mol. The van der Waals surface area contributed by atoms with Gasteiger partial charge in [0.25, 0.3) is 5.91 Å². The Morgan fingerprint density at radius 3 is 2.71 bits per heavy atom. The second-order valence-corrected chi connectivity index (χ2v) is 4.86. The van der Waals surface area contributed by atoms with E-state index in [-0.39, 0.29) is 5.56 Å². The molecular formula is C13H14BrFN2O4. The van der Waals surface area contributed by atoms with Gasteiger partial charge in [-0.25, -0.2) is 14.0 Å². The topological polar surface area (TPSA) is 84.5 Å². The lowest BCUT2D eigenvalue weighted by molar-refractivity contribution is -0.123. The minimum absolute atomic E-state index is 0.0433. The molecule has 3 amide bonds. The number of rotatable bonds is 5. The van der Waals surface area contributed by atoms with Crippen molar-refractivity contribution in [3.05, 3.63) is 34.1 Å². The maximum atomic E-state index is 13.0. The number of hydrogen-bond acceptors (Lipinski definition) is 4. The molecule has 0 saturated carbocycles. The van der Waals surface area contributed by atoms with Gasteiger partial charge in [0, 0.05) is 11.0 Å². The highest BCUT2D eigenvalue weighted by atomic mass is 79.9. The molecule has 8 heteroatoms. The SMILES string of the molecule is CCCNC(=O)NC(=O)COC(=O)c1cc(F)ccc1Br. The van der Waals surface area contributed by atoms with Gasteiger partial charge in [-0.3, -0.25) is 10.1 Å². The first-order valence-corrected chi connectivity index (χ1v) is 6.93. The van der Waals surface area contributed by atoms with Crippen LogP contribution >= 0.6 is 15.9 Å². The van der Waals surface area contributed by atoms with Crippen molar-refractivity contribution in [2.24, 2.45) is 0 Å². The minimum atomic E-state index is -0.870. The summed E-state index contributed by atoms with van der Waals surface area (Å²) in [6.45, 7) is 1.65. The van der Waals surface area contributed by atoms with Gasteiger partial charge in [-0.15, -0.1) is 0 Å². The number of ether oxygens (including phenoxy) is 1. The molecule has 0 saturated heterocycles. The fraction of sp³-hybridized carbons (Fsp3) is 0.308. The number of imide groups is 1. The summed E-state index contributed by atoms with van der Waals surface area (Å²) in [7, 11) is 0. The molecule has 0 atom stereocenters. The third-order valence-electron chi connectivity index (χ3n) is 2.27. The van der Waals surface area contributed by atoms with E-state index in [1.807, 2.05) is 12.2 Å². The maximum absolute atomic E-state index is 13.0. The van der Waals surface area contributed by atoms with Crippen molar-refractivity contribution in [3.63, 3.8) is 0 Å². The Hall–Kier alpha value is -1.96. The molecule has 0 aliphatic rings. The molecule has 0 radical (unpaired) electrons. The van der Waals surface area contributed by atoms with E-state index in [0.29, 0.717) is 11.0 Å². The summed E-state index contributed by atoms with van der Waals surface area (Å²) < 4.78 is 18.1. The van der Waals surface area contributed by atoms with E-state index in [9.17, 15) is 18.8 Å². The molecule has 6 nitrogen and oxygen atoms in total. The Balaban J connectivity index is 2.47. The molecule has 0 heterocycles. The number of benzene rings is 1. The van der Waals surface area contributed by atoms with E-state index in [1.165, 1.54) is 12.1 Å². The van der Waals surface area contributed by atoms with Crippen molar-refractivity contribution in [1.82, 2.24) is 10.6 Å². The van der Waals surface area contributed by atoms with Crippen LogP contribution in [0.2, 0.25) is 0 Å². The number of esters is 1. The normalized spacial score (nSPS) is 9.86. The molecule has 1 rings (SSSR count). The predicted octanol–water partition coefficient (Wildman–Crippen LogP) is 1.98. The lowest BCUT2D eigenvalue weighted by Gasteiger charge is -2.07. The molecule has 0 unspecified atom stereocenters. The van der Waals surface area contributed by atoms with Gasteiger partial charge in [-0.2, -0.15) is 0 Å². The van der Waals surface area contributed by atoms with E-state index in [2.05, 4.69) is 21.2 Å². The van der Waals surface area contributed by atoms with Gasteiger partial charge in [-0.05, 0) is 40.5 Å².